The Morgan fingerprint density at radius 1 is 1.25 bits per heavy atom. The van der Waals surface area contributed by atoms with Gasteiger partial charge in [-0.1, -0.05) is 18.2 Å². The van der Waals surface area contributed by atoms with Crippen LogP contribution in [0, 0.1) is 13.8 Å². The third kappa shape index (κ3) is 2.03. The molecule has 0 aliphatic heterocycles. The van der Waals surface area contributed by atoms with Crippen molar-refractivity contribution in [1.29, 1.82) is 0 Å². The summed E-state index contributed by atoms with van der Waals surface area (Å²) in [5.74, 6) is 0.721. The first kappa shape index (κ1) is 13.3. The third-order valence-electron chi connectivity index (χ3n) is 3.38. The summed E-state index contributed by atoms with van der Waals surface area (Å²) in [6.45, 7) is 3.91. The van der Waals surface area contributed by atoms with Crippen molar-refractivity contribution in [3.05, 3.63) is 51.8 Å². The Morgan fingerprint density at radius 2 is 2.00 bits per heavy atom. The number of hydrogen-bond acceptors (Lipinski definition) is 3. The molecule has 0 radical (unpaired) electrons. The maximum absolute atomic E-state index is 9.57. The molecule has 20 heavy (non-hydrogen) atoms. The molecule has 4 nitrogen and oxygen atoms in total. The molecular weight excluding hydrogens is 318 g/mol. The van der Waals surface area contributed by atoms with Gasteiger partial charge in [0.1, 0.15) is 0 Å². The van der Waals surface area contributed by atoms with Gasteiger partial charge in [-0.25, -0.2) is 9.67 Å². The molecule has 0 spiro atoms. The van der Waals surface area contributed by atoms with Crippen LogP contribution in [0.2, 0.25) is 0 Å². The van der Waals surface area contributed by atoms with Crippen LogP contribution in [0.4, 0.5) is 0 Å². The molecule has 0 aliphatic carbocycles. The lowest BCUT2D eigenvalue weighted by atomic mass is 10.1. The SMILES string of the molecule is Cc1nn(-c2cc(CO)c3ccccc3n2)c(C)c1Br. The number of aryl methyl sites for hydroxylation is 1. The van der Waals surface area contributed by atoms with Crippen molar-refractivity contribution in [3.63, 3.8) is 0 Å². The van der Waals surface area contributed by atoms with E-state index in [1.54, 1.807) is 4.68 Å². The summed E-state index contributed by atoms with van der Waals surface area (Å²) in [5, 5.41) is 15.0. The van der Waals surface area contributed by atoms with Crippen LogP contribution in [0.5, 0.6) is 0 Å². The summed E-state index contributed by atoms with van der Waals surface area (Å²) >= 11 is 3.52. The van der Waals surface area contributed by atoms with Gasteiger partial charge in [-0.3, -0.25) is 0 Å². The molecule has 0 saturated carbocycles. The Bertz CT molecular complexity index is 795. The maximum atomic E-state index is 9.57. The fourth-order valence-electron chi connectivity index (χ4n) is 2.32. The summed E-state index contributed by atoms with van der Waals surface area (Å²) < 4.78 is 2.78. The molecule has 0 aliphatic rings. The first-order valence-electron chi connectivity index (χ1n) is 6.33. The van der Waals surface area contributed by atoms with Crippen molar-refractivity contribution in [2.45, 2.75) is 20.5 Å². The Balaban J connectivity index is 2.29. The molecule has 3 aromatic rings. The maximum Gasteiger partial charge on any atom is 0.154 e. The second-order valence-electron chi connectivity index (χ2n) is 4.71. The number of rotatable bonds is 2. The van der Waals surface area contributed by atoms with E-state index in [4.69, 9.17) is 0 Å². The molecule has 0 unspecified atom stereocenters. The van der Waals surface area contributed by atoms with Crippen LogP contribution in [0.3, 0.4) is 0 Å². The lowest BCUT2D eigenvalue weighted by Gasteiger charge is -2.09. The molecule has 0 atom stereocenters. The first-order valence-corrected chi connectivity index (χ1v) is 7.12. The number of fused-ring (bicyclic) bond motifs is 1. The average molecular weight is 332 g/mol. The number of para-hydroxylation sites is 1. The minimum absolute atomic E-state index is 0.0174. The minimum atomic E-state index is -0.0174. The Labute approximate surface area is 125 Å². The van der Waals surface area contributed by atoms with Gasteiger partial charge >= 0.3 is 0 Å². The Hall–Kier alpha value is -1.72. The van der Waals surface area contributed by atoms with Gasteiger partial charge in [0.2, 0.25) is 0 Å². The lowest BCUT2D eigenvalue weighted by Crippen LogP contribution is -2.04. The highest BCUT2D eigenvalue weighted by molar-refractivity contribution is 9.10. The largest absolute Gasteiger partial charge is 0.392 e. The highest BCUT2D eigenvalue weighted by Gasteiger charge is 2.13. The molecule has 0 amide bonds. The molecule has 1 N–H and O–H groups in total. The molecular formula is C15H14BrN3O. The zero-order chi connectivity index (χ0) is 14.3. The zero-order valence-corrected chi connectivity index (χ0v) is 12.8. The van der Waals surface area contributed by atoms with Gasteiger partial charge in [-0.05, 0) is 47.5 Å². The standard InChI is InChI=1S/C15H14BrN3O/c1-9-15(16)10(2)19(18-9)14-7-11(8-20)12-5-3-4-6-13(12)17-14/h3-7,20H,8H2,1-2H3. The van der Waals surface area contributed by atoms with Crippen molar-refractivity contribution in [2.75, 3.05) is 0 Å². The van der Waals surface area contributed by atoms with Crippen molar-refractivity contribution in [1.82, 2.24) is 14.8 Å². The van der Waals surface area contributed by atoms with Crippen LogP contribution in [0.25, 0.3) is 16.7 Å². The average Bonchev–Trinajstić information content (AvgIpc) is 2.73. The second-order valence-corrected chi connectivity index (χ2v) is 5.50. The molecule has 0 bridgehead atoms. The van der Waals surface area contributed by atoms with Crippen molar-refractivity contribution in [3.8, 4) is 5.82 Å². The summed E-state index contributed by atoms with van der Waals surface area (Å²) in [5.41, 5.74) is 3.63. The van der Waals surface area contributed by atoms with Gasteiger partial charge < -0.3 is 5.11 Å². The van der Waals surface area contributed by atoms with E-state index in [9.17, 15) is 5.11 Å². The summed E-state index contributed by atoms with van der Waals surface area (Å²) in [6.07, 6.45) is 0. The number of nitrogens with zero attached hydrogens (tertiary/aromatic N) is 3. The van der Waals surface area contributed by atoms with E-state index in [1.165, 1.54) is 0 Å². The molecule has 1 aromatic carbocycles. The molecule has 0 saturated heterocycles. The van der Waals surface area contributed by atoms with Crippen LogP contribution in [0.1, 0.15) is 17.0 Å². The van der Waals surface area contributed by atoms with E-state index in [2.05, 4.69) is 26.0 Å². The molecule has 2 heterocycles. The van der Waals surface area contributed by atoms with Gasteiger partial charge in [0.25, 0.3) is 0 Å². The van der Waals surface area contributed by atoms with E-state index < -0.39 is 0 Å². The molecule has 3 rings (SSSR count). The number of aromatic nitrogens is 3. The van der Waals surface area contributed by atoms with Crippen LogP contribution < -0.4 is 0 Å². The molecule has 102 valence electrons. The fraction of sp³-hybridized carbons (Fsp3) is 0.200. The van der Waals surface area contributed by atoms with Crippen molar-refractivity contribution in [2.24, 2.45) is 0 Å². The lowest BCUT2D eigenvalue weighted by molar-refractivity contribution is 0.283. The number of benzene rings is 1. The highest BCUT2D eigenvalue weighted by Crippen LogP contribution is 2.25. The highest BCUT2D eigenvalue weighted by atomic mass is 79.9. The third-order valence-corrected chi connectivity index (χ3v) is 4.53. The van der Waals surface area contributed by atoms with Crippen LogP contribution >= 0.6 is 15.9 Å². The number of pyridine rings is 1. The van der Waals surface area contributed by atoms with Gasteiger partial charge in [-0.15, -0.1) is 0 Å². The van der Waals surface area contributed by atoms with Gasteiger partial charge in [0, 0.05) is 5.39 Å². The quantitative estimate of drug-likeness (QED) is 0.783. The monoisotopic (exact) mass is 331 g/mol. The number of aliphatic hydroxyl groups excluding tert-OH is 1. The Kier molecular flexibility index (Phi) is 3.31. The summed E-state index contributed by atoms with van der Waals surface area (Å²) in [6, 6.07) is 9.68. The predicted molar refractivity (Wildman–Crippen MR) is 82.0 cm³/mol. The van der Waals surface area contributed by atoms with E-state index in [0.717, 1.165) is 38.1 Å². The molecule has 5 heteroatoms. The number of halogens is 1. The fourth-order valence-corrected chi connectivity index (χ4v) is 2.57. The van der Waals surface area contributed by atoms with E-state index in [1.807, 2.05) is 44.2 Å². The van der Waals surface area contributed by atoms with Crippen LogP contribution in [0.15, 0.2) is 34.8 Å². The Morgan fingerprint density at radius 3 is 2.65 bits per heavy atom. The first-order chi connectivity index (χ1) is 9.61. The number of hydrogen-bond donors (Lipinski definition) is 1. The van der Waals surface area contributed by atoms with Gasteiger partial charge in [0.15, 0.2) is 5.82 Å². The summed E-state index contributed by atoms with van der Waals surface area (Å²) in [7, 11) is 0. The van der Waals surface area contributed by atoms with E-state index in [0.29, 0.717) is 0 Å². The van der Waals surface area contributed by atoms with Gasteiger partial charge in [0.05, 0.1) is 28.0 Å². The molecule has 0 fully saturated rings. The van der Waals surface area contributed by atoms with E-state index >= 15 is 0 Å². The zero-order valence-electron chi connectivity index (χ0n) is 11.3. The van der Waals surface area contributed by atoms with Crippen LogP contribution in [-0.4, -0.2) is 19.9 Å². The molecule has 2 aromatic heterocycles. The minimum Gasteiger partial charge on any atom is -0.392 e. The second kappa shape index (κ2) is 5.00. The normalized spacial score (nSPS) is 11.2. The van der Waals surface area contributed by atoms with Crippen LogP contribution in [-0.2, 0) is 6.61 Å². The van der Waals surface area contributed by atoms with Crippen molar-refractivity contribution < 1.29 is 5.11 Å². The van der Waals surface area contributed by atoms with E-state index in [-0.39, 0.29) is 6.61 Å². The predicted octanol–water partition coefficient (Wildman–Crippen LogP) is 3.29. The van der Waals surface area contributed by atoms with Crippen molar-refractivity contribution >= 4 is 26.8 Å². The van der Waals surface area contributed by atoms with Gasteiger partial charge in [-0.2, -0.15) is 5.10 Å². The summed E-state index contributed by atoms with van der Waals surface area (Å²) in [4.78, 5) is 4.64. The number of aliphatic hydroxyl groups is 1. The smallest absolute Gasteiger partial charge is 0.154 e. The topological polar surface area (TPSA) is 50.9 Å².